The number of halogens is 1. The highest BCUT2D eigenvalue weighted by molar-refractivity contribution is 7.21. The third-order valence-electron chi connectivity index (χ3n) is 4.03. The number of carbonyl (C=O) groups excluding carboxylic acids is 1. The molecule has 0 bridgehead atoms. The molecule has 6 nitrogen and oxygen atoms in total. The Morgan fingerprint density at radius 3 is 2.84 bits per heavy atom. The molecule has 1 aliphatic rings. The lowest BCUT2D eigenvalue weighted by molar-refractivity contribution is 0.100. The van der Waals surface area contributed by atoms with E-state index in [1.807, 2.05) is 12.1 Å². The minimum Gasteiger partial charge on any atom is -0.463 e. The zero-order valence-electron chi connectivity index (χ0n) is 13.2. The van der Waals surface area contributed by atoms with Gasteiger partial charge in [-0.2, -0.15) is 9.97 Å². The number of nitrogens with zero attached hydrogens (tertiary/aromatic N) is 2. The highest BCUT2D eigenvalue weighted by Crippen LogP contribution is 2.40. The number of amides is 1. The molecule has 1 fully saturated rings. The van der Waals surface area contributed by atoms with E-state index < -0.39 is 5.91 Å². The van der Waals surface area contributed by atoms with E-state index in [0.717, 1.165) is 16.9 Å². The van der Waals surface area contributed by atoms with Crippen molar-refractivity contribution in [3.8, 4) is 17.3 Å². The van der Waals surface area contributed by atoms with Crippen LogP contribution in [-0.2, 0) is 0 Å². The summed E-state index contributed by atoms with van der Waals surface area (Å²) in [6.07, 6.45) is 2.34. The number of thiophene rings is 1. The van der Waals surface area contributed by atoms with Crippen molar-refractivity contribution >= 4 is 44.7 Å². The van der Waals surface area contributed by atoms with Crippen molar-refractivity contribution in [3.63, 3.8) is 0 Å². The van der Waals surface area contributed by atoms with Gasteiger partial charge in [0.25, 0.3) is 5.91 Å². The number of nitrogens with two attached hydrogens (primary N) is 2. The molecular weight excluding hydrogens is 360 g/mol. The van der Waals surface area contributed by atoms with E-state index in [1.54, 1.807) is 12.1 Å². The first-order chi connectivity index (χ1) is 12.0. The zero-order valence-corrected chi connectivity index (χ0v) is 14.7. The Bertz CT molecular complexity index is 984. The summed E-state index contributed by atoms with van der Waals surface area (Å²) < 4.78 is 5.73. The number of ether oxygens (including phenoxy) is 1. The monoisotopic (exact) mass is 374 g/mol. The van der Waals surface area contributed by atoms with Gasteiger partial charge in [0.1, 0.15) is 9.71 Å². The van der Waals surface area contributed by atoms with Crippen LogP contribution in [-0.4, -0.2) is 22.5 Å². The topological polar surface area (TPSA) is 104 Å². The van der Waals surface area contributed by atoms with Gasteiger partial charge in [-0.15, -0.1) is 11.3 Å². The first kappa shape index (κ1) is 16.1. The van der Waals surface area contributed by atoms with Gasteiger partial charge in [0.15, 0.2) is 0 Å². The molecule has 25 heavy (non-hydrogen) atoms. The SMILES string of the molecule is NC(=O)c1sc2nc(OCC3CC3)nc(-c3cccc(Cl)c3)c2c1N. The van der Waals surface area contributed by atoms with Gasteiger partial charge in [-0.1, -0.05) is 23.7 Å². The van der Waals surface area contributed by atoms with E-state index >= 15 is 0 Å². The third kappa shape index (κ3) is 3.12. The molecule has 8 heteroatoms. The molecule has 1 aromatic carbocycles. The van der Waals surface area contributed by atoms with Crippen LogP contribution in [0.25, 0.3) is 21.5 Å². The van der Waals surface area contributed by atoms with Crippen LogP contribution in [0, 0.1) is 5.92 Å². The van der Waals surface area contributed by atoms with E-state index in [2.05, 4.69) is 9.97 Å². The quantitative estimate of drug-likeness (QED) is 0.711. The second kappa shape index (κ2) is 6.16. The number of hydrogen-bond donors (Lipinski definition) is 2. The number of carbonyl (C=O) groups is 1. The summed E-state index contributed by atoms with van der Waals surface area (Å²) in [5, 5.41) is 1.17. The van der Waals surface area contributed by atoms with E-state index in [0.29, 0.717) is 33.5 Å². The van der Waals surface area contributed by atoms with Crippen LogP contribution in [0.1, 0.15) is 22.5 Å². The minimum atomic E-state index is -0.585. The van der Waals surface area contributed by atoms with Gasteiger partial charge in [0, 0.05) is 10.6 Å². The number of hydrogen-bond acceptors (Lipinski definition) is 6. The van der Waals surface area contributed by atoms with Gasteiger partial charge in [-0.05, 0) is 30.9 Å². The summed E-state index contributed by atoms with van der Waals surface area (Å²) in [7, 11) is 0. The maximum absolute atomic E-state index is 11.7. The summed E-state index contributed by atoms with van der Waals surface area (Å²) in [4.78, 5) is 21.4. The number of nitrogen functional groups attached to an aromatic ring is 1. The molecule has 4 N–H and O–H groups in total. The molecule has 1 amide bonds. The van der Waals surface area contributed by atoms with Gasteiger partial charge in [0.2, 0.25) is 0 Å². The number of benzene rings is 1. The van der Waals surface area contributed by atoms with Gasteiger partial charge < -0.3 is 16.2 Å². The number of primary amides is 1. The van der Waals surface area contributed by atoms with Crippen molar-refractivity contribution in [3.05, 3.63) is 34.2 Å². The Morgan fingerprint density at radius 2 is 2.16 bits per heavy atom. The maximum Gasteiger partial charge on any atom is 0.318 e. The standard InChI is InChI=1S/C17H15ClN4O2S/c18-10-3-1-2-9(6-10)13-11-12(19)14(15(20)23)25-16(11)22-17(21-13)24-7-8-4-5-8/h1-3,6,8H,4-5,7,19H2,(H2,20,23). The summed E-state index contributed by atoms with van der Waals surface area (Å²) in [5.74, 6) is -0.0125. The summed E-state index contributed by atoms with van der Waals surface area (Å²) in [6, 6.07) is 7.54. The molecule has 2 aromatic heterocycles. The highest BCUT2D eigenvalue weighted by Gasteiger charge is 2.24. The number of rotatable bonds is 5. The molecule has 1 aliphatic carbocycles. The fourth-order valence-corrected chi connectivity index (χ4v) is 3.70. The Morgan fingerprint density at radius 1 is 1.36 bits per heavy atom. The molecular formula is C17H15ClN4O2S. The van der Waals surface area contributed by atoms with Crippen molar-refractivity contribution in [1.82, 2.24) is 9.97 Å². The molecule has 128 valence electrons. The predicted octanol–water partition coefficient (Wildman–Crippen LogP) is 3.48. The fraction of sp³-hybridized carbons (Fsp3) is 0.235. The average Bonchev–Trinajstić information content (AvgIpc) is 3.35. The maximum atomic E-state index is 11.7. The van der Waals surface area contributed by atoms with Crippen LogP contribution in [0.15, 0.2) is 24.3 Å². The smallest absolute Gasteiger partial charge is 0.318 e. The van der Waals surface area contributed by atoms with Crippen molar-refractivity contribution in [2.45, 2.75) is 12.8 Å². The average molecular weight is 375 g/mol. The molecule has 0 unspecified atom stereocenters. The van der Waals surface area contributed by atoms with Crippen LogP contribution < -0.4 is 16.2 Å². The van der Waals surface area contributed by atoms with Gasteiger partial charge in [-0.25, -0.2) is 0 Å². The molecule has 2 heterocycles. The van der Waals surface area contributed by atoms with Crippen molar-refractivity contribution in [1.29, 1.82) is 0 Å². The van der Waals surface area contributed by atoms with Gasteiger partial charge >= 0.3 is 6.01 Å². The Labute approximate surface area is 152 Å². The van der Waals surface area contributed by atoms with E-state index in [-0.39, 0.29) is 16.6 Å². The van der Waals surface area contributed by atoms with E-state index in [4.69, 9.17) is 27.8 Å². The van der Waals surface area contributed by atoms with E-state index in [9.17, 15) is 4.79 Å². The van der Waals surface area contributed by atoms with Gasteiger partial charge in [-0.3, -0.25) is 4.79 Å². The normalized spacial score (nSPS) is 14.0. The summed E-state index contributed by atoms with van der Waals surface area (Å²) in [6.45, 7) is 0.587. The summed E-state index contributed by atoms with van der Waals surface area (Å²) in [5.41, 5.74) is 13.2. The molecule has 4 rings (SSSR count). The molecule has 0 spiro atoms. The first-order valence-electron chi connectivity index (χ1n) is 7.81. The second-order valence-corrected chi connectivity index (χ2v) is 7.44. The second-order valence-electron chi connectivity index (χ2n) is 6.01. The molecule has 0 saturated heterocycles. The molecule has 0 radical (unpaired) electrons. The predicted molar refractivity (Wildman–Crippen MR) is 99.0 cm³/mol. The Hall–Kier alpha value is -2.38. The van der Waals surface area contributed by atoms with Crippen LogP contribution in [0.2, 0.25) is 5.02 Å². The zero-order chi connectivity index (χ0) is 17.6. The number of anilines is 1. The minimum absolute atomic E-state index is 0.270. The molecule has 3 aromatic rings. The third-order valence-corrected chi connectivity index (χ3v) is 5.38. The largest absolute Gasteiger partial charge is 0.463 e. The van der Waals surface area contributed by atoms with Gasteiger partial charge in [0.05, 0.1) is 23.4 Å². The highest BCUT2D eigenvalue weighted by atomic mass is 35.5. The van der Waals surface area contributed by atoms with Crippen LogP contribution in [0.3, 0.4) is 0 Å². The lowest BCUT2D eigenvalue weighted by Gasteiger charge is -2.08. The summed E-state index contributed by atoms with van der Waals surface area (Å²) >= 11 is 7.26. The lowest BCUT2D eigenvalue weighted by Crippen LogP contribution is -2.10. The van der Waals surface area contributed by atoms with Crippen molar-refractivity contribution < 1.29 is 9.53 Å². The number of fused-ring (bicyclic) bond motifs is 1. The molecule has 0 aliphatic heterocycles. The fourth-order valence-electron chi connectivity index (χ4n) is 2.57. The Kier molecular flexibility index (Phi) is 3.97. The van der Waals surface area contributed by atoms with Crippen molar-refractivity contribution in [2.75, 3.05) is 12.3 Å². The van der Waals surface area contributed by atoms with Crippen LogP contribution in [0.5, 0.6) is 6.01 Å². The number of aromatic nitrogens is 2. The van der Waals surface area contributed by atoms with Crippen LogP contribution in [0.4, 0.5) is 5.69 Å². The molecule has 1 saturated carbocycles. The van der Waals surface area contributed by atoms with E-state index in [1.165, 1.54) is 12.8 Å². The Balaban J connectivity index is 1.90. The molecule has 0 atom stereocenters. The lowest BCUT2D eigenvalue weighted by atomic mass is 10.1. The van der Waals surface area contributed by atoms with Crippen LogP contribution >= 0.6 is 22.9 Å². The first-order valence-corrected chi connectivity index (χ1v) is 9.01. The van der Waals surface area contributed by atoms with Crippen molar-refractivity contribution in [2.24, 2.45) is 11.7 Å².